The summed E-state index contributed by atoms with van der Waals surface area (Å²) < 4.78 is 8.46. The maximum absolute atomic E-state index is 12.4. The van der Waals surface area contributed by atoms with Crippen LogP contribution < -0.4 is 5.69 Å². The number of fused-ring (bicyclic) bond motifs is 1. The van der Waals surface area contributed by atoms with Crippen LogP contribution in [0.4, 0.5) is 0 Å². The molecule has 3 aromatic heterocycles. The zero-order chi connectivity index (χ0) is 19.0. The molecule has 1 N–H and O–H groups in total. The van der Waals surface area contributed by atoms with Gasteiger partial charge in [0, 0.05) is 29.8 Å². The van der Waals surface area contributed by atoms with Gasteiger partial charge in [-0.1, -0.05) is 12.1 Å². The van der Waals surface area contributed by atoms with E-state index in [0.29, 0.717) is 5.52 Å². The van der Waals surface area contributed by atoms with Crippen LogP contribution >= 0.6 is 0 Å². The molecular formula is C20H18N4O3. The third-order valence-corrected chi connectivity index (χ3v) is 4.47. The van der Waals surface area contributed by atoms with Gasteiger partial charge in [0.15, 0.2) is 5.69 Å². The number of pyridine rings is 1. The molecule has 0 atom stereocenters. The van der Waals surface area contributed by atoms with Crippen molar-refractivity contribution in [2.24, 2.45) is 0 Å². The lowest BCUT2D eigenvalue weighted by Gasteiger charge is -2.11. The number of esters is 1. The van der Waals surface area contributed by atoms with E-state index >= 15 is 0 Å². The number of carbonyl (C=O) groups excluding carboxylic acids is 1. The highest BCUT2D eigenvalue weighted by molar-refractivity contribution is 6.01. The summed E-state index contributed by atoms with van der Waals surface area (Å²) in [7, 11) is 0. The van der Waals surface area contributed by atoms with Crippen molar-refractivity contribution >= 4 is 11.5 Å². The summed E-state index contributed by atoms with van der Waals surface area (Å²) >= 11 is 0. The van der Waals surface area contributed by atoms with Crippen LogP contribution in [0.15, 0.2) is 60.0 Å². The molecule has 0 spiro atoms. The van der Waals surface area contributed by atoms with Crippen molar-refractivity contribution in [3.8, 4) is 16.8 Å². The second kappa shape index (κ2) is 6.60. The molecule has 0 radical (unpaired) electrons. The average Bonchev–Trinajstić information content (AvgIpc) is 3.31. The van der Waals surface area contributed by atoms with Crippen molar-refractivity contribution in [3.05, 3.63) is 77.0 Å². The first kappa shape index (κ1) is 16.8. The molecule has 3 heterocycles. The van der Waals surface area contributed by atoms with Gasteiger partial charge in [-0.2, -0.15) is 0 Å². The Morgan fingerprint density at radius 2 is 1.96 bits per heavy atom. The van der Waals surface area contributed by atoms with Gasteiger partial charge in [-0.3, -0.25) is 9.38 Å². The molecule has 4 rings (SSSR count). The van der Waals surface area contributed by atoms with Crippen molar-refractivity contribution in [2.45, 2.75) is 13.8 Å². The van der Waals surface area contributed by atoms with E-state index in [1.54, 1.807) is 25.6 Å². The van der Waals surface area contributed by atoms with Crippen LogP contribution in [0, 0.1) is 6.92 Å². The van der Waals surface area contributed by atoms with Gasteiger partial charge in [-0.15, -0.1) is 0 Å². The Labute approximate surface area is 154 Å². The molecule has 0 saturated heterocycles. The monoisotopic (exact) mass is 362 g/mol. The van der Waals surface area contributed by atoms with E-state index in [9.17, 15) is 9.59 Å². The highest BCUT2D eigenvalue weighted by atomic mass is 16.5. The van der Waals surface area contributed by atoms with E-state index in [4.69, 9.17) is 4.74 Å². The second-order valence-electron chi connectivity index (χ2n) is 6.13. The Hall–Kier alpha value is -3.61. The minimum absolute atomic E-state index is 0.166. The Morgan fingerprint density at radius 1 is 1.19 bits per heavy atom. The van der Waals surface area contributed by atoms with E-state index in [0.717, 1.165) is 22.4 Å². The molecule has 0 aliphatic carbocycles. The fourth-order valence-corrected chi connectivity index (χ4v) is 3.22. The maximum Gasteiger partial charge on any atom is 0.357 e. The molecule has 0 aliphatic rings. The number of hydrogen-bond acceptors (Lipinski definition) is 4. The first-order valence-corrected chi connectivity index (χ1v) is 8.60. The minimum atomic E-state index is -0.543. The van der Waals surface area contributed by atoms with E-state index < -0.39 is 5.97 Å². The molecule has 7 nitrogen and oxygen atoms in total. The normalized spacial score (nSPS) is 11.0. The third kappa shape index (κ3) is 2.83. The van der Waals surface area contributed by atoms with Gasteiger partial charge in [-0.05, 0) is 43.2 Å². The fraction of sp³-hybridized carbons (Fsp3) is 0.150. The molecule has 1 aromatic carbocycles. The van der Waals surface area contributed by atoms with Crippen molar-refractivity contribution < 1.29 is 9.53 Å². The first-order valence-electron chi connectivity index (χ1n) is 8.60. The summed E-state index contributed by atoms with van der Waals surface area (Å²) in [5.41, 5.74) is 3.96. The van der Waals surface area contributed by atoms with Gasteiger partial charge >= 0.3 is 11.7 Å². The molecule has 7 heteroatoms. The predicted octanol–water partition coefficient (Wildman–Crippen LogP) is 2.97. The molecule has 136 valence electrons. The number of carbonyl (C=O) groups is 1. The number of nitrogens with zero attached hydrogens (tertiary/aromatic N) is 3. The number of aryl methyl sites for hydroxylation is 1. The number of hydrogen-bond donors (Lipinski definition) is 1. The van der Waals surface area contributed by atoms with Crippen LogP contribution in [-0.4, -0.2) is 31.5 Å². The summed E-state index contributed by atoms with van der Waals surface area (Å²) in [6, 6.07) is 9.72. The maximum atomic E-state index is 12.4. The number of rotatable bonds is 4. The van der Waals surface area contributed by atoms with Crippen molar-refractivity contribution in [1.29, 1.82) is 0 Å². The Bertz CT molecular complexity index is 1170. The van der Waals surface area contributed by atoms with Gasteiger partial charge in [0.05, 0.1) is 18.5 Å². The molecular weight excluding hydrogens is 344 g/mol. The fourth-order valence-electron chi connectivity index (χ4n) is 3.22. The largest absolute Gasteiger partial charge is 0.461 e. The number of H-pyrrole nitrogens is 1. The van der Waals surface area contributed by atoms with Gasteiger partial charge in [0.2, 0.25) is 0 Å². The molecule has 0 saturated carbocycles. The predicted molar refractivity (Wildman–Crippen MR) is 101 cm³/mol. The van der Waals surface area contributed by atoms with Gasteiger partial charge in [0.1, 0.15) is 0 Å². The highest BCUT2D eigenvalue weighted by Crippen LogP contribution is 2.30. The average molecular weight is 362 g/mol. The second-order valence-corrected chi connectivity index (χ2v) is 6.13. The third-order valence-electron chi connectivity index (χ3n) is 4.47. The zero-order valence-corrected chi connectivity index (χ0v) is 15.0. The summed E-state index contributed by atoms with van der Waals surface area (Å²) in [5.74, 6) is -0.543. The lowest BCUT2D eigenvalue weighted by Crippen LogP contribution is -2.10. The van der Waals surface area contributed by atoms with E-state index in [2.05, 4.69) is 9.97 Å². The molecule has 0 aliphatic heterocycles. The number of imidazole rings is 2. The number of aromatic nitrogens is 4. The van der Waals surface area contributed by atoms with Crippen molar-refractivity contribution in [3.63, 3.8) is 0 Å². The lowest BCUT2D eigenvalue weighted by atomic mass is 9.99. The lowest BCUT2D eigenvalue weighted by molar-refractivity contribution is 0.0522. The Balaban J connectivity index is 1.92. The SMILES string of the molecule is CCOC(=O)c1[nH]c(=O)n2ccc(C)c(-c3ccc(-n4ccnc4)cc3)c12. The standard InChI is InChI=1S/C20H18N4O3/c1-3-27-19(25)17-18-16(13(2)8-10-24(18)20(26)22-17)14-4-6-15(7-5-14)23-11-9-21-12-23/h4-12H,3H2,1-2H3,(H,22,26). The van der Waals surface area contributed by atoms with Crippen LogP contribution in [0.3, 0.4) is 0 Å². The molecule has 0 bridgehead atoms. The zero-order valence-electron chi connectivity index (χ0n) is 15.0. The van der Waals surface area contributed by atoms with Gasteiger partial charge in [0.25, 0.3) is 0 Å². The van der Waals surface area contributed by atoms with Crippen LogP contribution in [0.2, 0.25) is 0 Å². The van der Waals surface area contributed by atoms with Crippen molar-refractivity contribution in [2.75, 3.05) is 6.61 Å². The molecule has 0 fully saturated rings. The van der Waals surface area contributed by atoms with E-state index in [-0.39, 0.29) is 18.0 Å². The molecule has 4 aromatic rings. The number of aromatic amines is 1. The summed E-state index contributed by atoms with van der Waals surface area (Å²) in [5, 5.41) is 0. The van der Waals surface area contributed by atoms with Crippen LogP contribution in [-0.2, 0) is 4.74 Å². The molecule has 27 heavy (non-hydrogen) atoms. The van der Waals surface area contributed by atoms with Crippen LogP contribution in [0.5, 0.6) is 0 Å². The van der Waals surface area contributed by atoms with Crippen molar-refractivity contribution in [1.82, 2.24) is 18.9 Å². The number of ether oxygens (including phenoxy) is 1. The number of benzene rings is 1. The first-order chi connectivity index (χ1) is 13.1. The van der Waals surface area contributed by atoms with Crippen LogP contribution in [0.25, 0.3) is 22.3 Å². The summed E-state index contributed by atoms with van der Waals surface area (Å²) in [6.45, 7) is 3.92. The molecule has 0 amide bonds. The highest BCUT2D eigenvalue weighted by Gasteiger charge is 2.21. The number of nitrogens with one attached hydrogen (secondary N) is 1. The van der Waals surface area contributed by atoms with Gasteiger partial charge in [-0.25, -0.2) is 14.6 Å². The Morgan fingerprint density at radius 3 is 2.63 bits per heavy atom. The van der Waals surface area contributed by atoms with Gasteiger partial charge < -0.3 is 9.30 Å². The van der Waals surface area contributed by atoms with Crippen LogP contribution in [0.1, 0.15) is 23.0 Å². The summed E-state index contributed by atoms with van der Waals surface area (Å²) in [6.07, 6.45) is 6.98. The molecule has 0 unspecified atom stereocenters. The quantitative estimate of drug-likeness (QED) is 0.566. The smallest absolute Gasteiger partial charge is 0.357 e. The Kier molecular flexibility index (Phi) is 4.12. The van der Waals surface area contributed by atoms with E-state index in [1.165, 1.54) is 4.40 Å². The minimum Gasteiger partial charge on any atom is -0.461 e. The summed E-state index contributed by atoms with van der Waals surface area (Å²) in [4.78, 5) is 31.3. The van der Waals surface area contributed by atoms with E-state index in [1.807, 2.05) is 48.0 Å². The topological polar surface area (TPSA) is 81.4 Å².